The Morgan fingerprint density at radius 1 is 0.897 bits per heavy atom. The maximum atomic E-state index is 13.5. The van der Waals surface area contributed by atoms with Crippen LogP contribution >= 0.6 is 0 Å². The summed E-state index contributed by atoms with van der Waals surface area (Å²) in [6.45, 7) is 2.04. The van der Waals surface area contributed by atoms with Gasteiger partial charge in [-0.1, -0.05) is 29.8 Å². The Morgan fingerprint density at radius 3 is 2.07 bits per heavy atom. The molecule has 0 aliphatic carbocycles. The van der Waals surface area contributed by atoms with Gasteiger partial charge in [0.2, 0.25) is 0 Å². The second-order valence-corrected chi connectivity index (χ2v) is 8.39. The lowest BCUT2D eigenvalue weighted by atomic mass is 10.1. The Hall–Kier alpha value is -3.06. The van der Waals surface area contributed by atoms with Crippen LogP contribution in [0, 0.1) is 12.7 Å². The van der Waals surface area contributed by atoms with Crippen LogP contribution in [-0.2, 0) is 16.6 Å². The zero-order valence-electron chi connectivity index (χ0n) is 16.4. The molecule has 7 heteroatoms. The zero-order valence-corrected chi connectivity index (χ0v) is 17.2. The van der Waals surface area contributed by atoms with Crippen LogP contribution in [-0.4, -0.2) is 22.6 Å². The predicted octanol–water partition coefficient (Wildman–Crippen LogP) is 4.55. The van der Waals surface area contributed by atoms with Gasteiger partial charge in [-0.25, -0.2) is 12.8 Å². The van der Waals surface area contributed by atoms with E-state index < -0.39 is 15.8 Å². The van der Waals surface area contributed by atoms with Crippen molar-refractivity contribution in [3.8, 4) is 11.5 Å². The molecule has 0 aromatic heterocycles. The summed E-state index contributed by atoms with van der Waals surface area (Å²) in [7, 11) is -0.980. The minimum Gasteiger partial charge on any atom is -0.497 e. The number of nitrogens with zero attached hydrogens (tertiary/aromatic N) is 1. The first-order chi connectivity index (χ1) is 13.8. The van der Waals surface area contributed by atoms with E-state index in [1.165, 1.54) is 30.7 Å². The molecule has 0 saturated carbocycles. The standard InChI is InChI=1S/C22H22FNO4S/c1-16-5-4-6-17(11-16)15-24(19-12-20(27-2)14-21(13-19)28-3)29(25,26)22-9-7-18(23)8-10-22/h4-14H,15H2,1-3H3. The van der Waals surface area contributed by atoms with Crippen LogP contribution in [0.15, 0.2) is 71.6 Å². The van der Waals surface area contributed by atoms with Crippen molar-refractivity contribution in [2.75, 3.05) is 18.5 Å². The molecule has 0 aliphatic rings. The number of halogens is 1. The number of anilines is 1. The van der Waals surface area contributed by atoms with Crippen molar-refractivity contribution in [3.63, 3.8) is 0 Å². The van der Waals surface area contributed by atoms with E-state index in [1.54, 1.807) is 18.2 Å². The lowest BCUT2D eigenvalue weighted by molar-refractivity contribution is 0.394. The quantitative estimate of drug-likeness (QED) is 0.568. The van der Waals surface area contributed by atoms with Gasteiger partial charge in [-0.2, -0.15) is 0 Å². The number of hydrogen-bond donors (Lipinski definition) is 0. The number of hydrogen-bond acceptors (Lipinski definition) is 4. The van der Waals surface area contributed by atoms with Crippen molar-refractivity contribution < 1.29 is 22.3 Å². The zero-order chi connectivity index (χ0) is 21.0. The number of sulfonamides is 1. The van der Waals surface area contributed by atoms with Gasteiger partial charge in [0.05, 0.1) is 31.3 Å². The lowest BCUT2D eigenvalue weighted by Crippen LogP contribution is -2.30. The van der Waals surface area contributed by atoms with Gasteiger partial charge in [0.1, 0.15) is 17.3 Å². The van der Waals surface area contributed by atoms with Crippen LogP contribution in [0.1, 0.15) is 11.1 Å². The lowest BCUT2D eigenvalue weighted by Gasteiger charge is -2.26. The number of ether oxygens (including phenoxy) is 2. The first kappa shape index (κ1) is 20.7. The highest BCUT2D eigenvalue weighted by molar-refractivity contribution is 7.92. The molecule has 3 rings (SSSR count). The summed E-state index contributed by atoms with van der Waals surface area (Å²) < 4.78 is 52.1. The van der Waals surface area contributed by atoms with Gasteiger partial charge in [0.25, 0.3) is 10.0 Å². The summed E-state index contributed by atoms with van der Waals surface area (Å²) >= 11 is 0. The number of rotatable bonds is 7. The second-order valence-electron chi connectivity index (χ2n) is 6.53. The molecule has 3 aromatic rings. The van der Waals surface area contributed by atoms with E-state index in [0.29, 0.717) is 17.2 Å². The Bertz CT molecular complexity index is 1080. The molecular weight excluding hydrogens is 393 g/mol. The molecule has 0 aliphatic heterocycles. The third kappa shape index (κ3) is 4.68. The topological polar surface area (TPSA) is 55.8 Å². The van der Waals surface area contributed by atoms with Gasteiger partial charge >= 0.3 is 0 Å². The van der Waals surface area contributed by atoms with Crippen molar-refractivity contribution in [3.05, 3.63) is 83.7 Å². The van der Waals surface area contributed by atoms with Crippen LogP contribution in [0.25, 0.3) is 0 Å². The van der Waals surface area contributed by atoms with E-state index in [-0.39, 0.29) is 11.4 Å². The Labute approximate surface area is 170 Å². The molecule has 0 N–H and O–H groups in total. The van der Waals surface area contributed by atoms with Gasteiger partial charge < -0.3 is 9.47 Å². The van der Waals surface area contributed by atoms with E-state index in [2.05, 4.69) is 0 Å². The molecule has 0 spiro atoms. The molecule has 0 bridgehead atoms. The number of aryl methyl sites for hydroxylation is 1. The largest absolute Gasteiger partial charge is 0.497 e. The Balaban J connectivity index is 2.15. The predicted molar refractivity (Wildman–Crippen MR) is 110 cm³/mol. The van der Waals surface area contributed by atoms with Crippen LogP contribution in [0.2, 0.25) is 0 Å². The molecule has 29 heavy (non-hydrogen) atoms. The first-order valence-corrected chi connectivity index (χ1v) is 10.3. The summed E-state index contributed by atoms with van der Waals surface area (Å²) in [5, 5.41) is 0. The number of benzene rings is 3. The minimum absolute atomic E-state index is 0.00617. The van der Waals surface area contributed by atoms with Crippen molar-refractivity contribution in [2.45, 2.75) is 18.4 Å². The SMILES string of the molecule is COc1cc(OC)cc(N(Cc2cccc(C)c2)S(=O)(=O)c2ccc(F)cc2)c1. The highest BCUT2D eigenvalue weighted by Gasteiger charge is 2.26. The minimum atomic E-state index is -3.98. The average molecular weight is 415 g/mol. The monoisotopic (exact) mass is 415 g/mol. The fraction of sp³-hybridized carbons (Fsp3) is 0.182. The molecular formula is C22H22FNO4S. The summed E-state index contributed by atoms with van der Waals surface area (Å²) in [4.78, 5) is -0.00617. The van der Waals surface area contributed by atoms with Crippen molar-refractivity contribution in [1.29, 1.82) is 0 Å². The van der Waals surface area contributed by atoms with Gasteiger partial charge in [0.15, 0.2) is 0 Å². The molecule has 0 unspecified atom stereocenters. The number of methoxy groups -OCH3 is 2. The van der Waals surface area contributed by atoms with Gasteiger partial charge in [0, 0.05) is 18.2 Å². The fourth-order valence-corrected chi connectivity index (χ4v) is 4.40. The Kier molecular flexibility index (Phi) is 6.08. The van der Waals surface area contributed by atoms with E-state index in [9.17, 15) is 12.8 Å². The van der Waals surface area contributed by atoms with E-state index in [1.807, 2.05) is 31.2 Å². The molecule has 152 valence electrons. The summed E-state index contributed by atoms with van der Waals surface area (Å²) in [6, 6.07) is 17.3. The molecule has 0 fully saturated rings. The molecule has 5 nitrogen and oxygen atoms in total. The van der Waals surface area contributed by atoms with Gasteiger partial charge in [-0.05, 0) is 36.8 Å². The Morgan fingerprint density at radius 2 is 1.52 bits per heavy atom. The third-order valence-corrected chi connectivity index (χ3v) is 6.22. The fourth-order valence-electron chi connectivity index (χ4n) is 2.96. The maximum Gasteiger partial charge on any atom is 0.264 e. The third-order valence-electron chi connectivity index (χ3n) is 4.43. The van der Waals surface area contributed by atoms with E-state index in [0.717, 1.165) is 23.3 Å². The highest BCUT2D eigenvalue weighted by Crippen LogP contribution is 2.33. The molecule has 0 radical (unpaired) electrons. The summed E-state index contributed by atoms with van der Waals surface area (Å²) in [5.74, 6) is 0.419. The first-order valence-electron chi connectivity index (χ1n) is 8.90. The van der Waals surface area contributed by atoms with Gasteiger partial charge in [-0.3, -0.25) is 4.31 Å². The van der Waals surface area contributed by atoms with Crippen LogP contribution < -0.4 is 13.8 Å². The van der Waals surface area contributed by atoms with Crippen LogP contribution in [0.5, 0.6) is 11.5 Å². The van der Waals surface area contributed by atoms with Crippen LogP contribution in [0.4, 0.5) is 10.1 Å². The van der Waals surface area contributed by atoms with Gasteiger partial charge in [-0.15, -0.1) is 0 Å². The van der Waals surface area contributed by atoms with Crippen molar-refractivity contribution in [1.82, 2.24) is 0 Å². The summed E-state index contributed by atoms with van der Waals surface area (Å²) in [5.41, 5.74) is 2.22. The molecule has 0 amide bonds. The average Bonchev–Trinajstić information content (AvgIpc) is 2.71. The van der Waals surface area contributed by atoms with E-state index >= 15 is 0 Å². The summed E-state index contributed by atoms with van der Waals surface area (Å²) in [6.07, 6.45) is 0. The normalized spacial score (nSPS) is 11.2. The molecule has 3 aromatic carbocycles. The molecule has 0 atom stereocenters. The van der Waals surface area contributed by atoms with Crippen LogP contribution in [0.3, 0.4) is 0 Å². The molecule has 0 saturated heterocycles. The second kappa shape index (κ2) is 8.53. The smallest absolute Gasteiger partial charge is 0.264 e. The van der Waals surface area contributed by atoms with E-state index in [4.69, 9.17) is 9.47 Å². The highest BCUT2D eigenvalue weighted by atomic mass is 32.2. The maximum absolute atomic E-state index is 13.5. The van der Waals surface area contributed by atoms with Crippen molar-refractivity contribution in [2.24, 2.45) is 0 Å². The molecule has 0 heterocycles. The van der Waals surface area contributed by atoms with Crippen molar-refractivity contribution >= 4 is 15.7 Å².